The maximum atomic E-state index is 6.24. The first-order chi connectivity index (χ1) is 8.00. The van der Waals surface area contributed by atoms with Gasteiger partial charge in [0.15, 0.2) is 0 Å². The van der Waals surface area contributed by atoms with E-state index in [9.17, 15) is 0 Å². The van der Waals surface area contributed by atoms with Crippen LogP contribution in [0.25, 0.3) is 5.70 Å². The maximum Gasteiger partial charge on any atom is 0.0169 e. The molecule has 0 amide bonds. The van der Waals surface area contributed by atoms with E-state index in [0.717, 1.165) is 27.0 Å². The summed E-state index contributed by atoms with van der Waals surface area (Å²) in [4.78, 5) is 2.00. The van der Waals surface area contributed by atoms with E-state index in [1.54, 1.807) is 0 Å². The van der Waals surface area contributed by atoms with Crippen molar-refractivity contribution in [1.29, 1.82) is 0 Å². The number of rotatable bonds is 1. The van der Waals surface area contributed by atoms with Gasteiger partial charge < -0.3 is 4.90 Å². The first-order valence-electron chi connectivity index (χ1n) is 5.19. The summed E-state index contributed by atoms with van der Waals surface area (Å²) >= 11 is 9.64. The number of nitrogens with zero attached hydrogens (tertiary/aromatic N) is 1. The van der Waals surface area contributed by atoms with Crippen molar-refractivity contribution in [3.63, 3.8) is 0 Å². The third-order valence-corrected chi connectivity index (χ3v) is 3.61. The quantitative estimate of drug-likeness (QED) is 0.623. The SMILES string of the molecule is C=C1C(C)=C[C-]=C(c2ccc(Br)cc2Cl)N1C.[Y]. The van der Waals surface area contributed by atoms with Crippen LogP contribution < -0.4 is 0 Å². The summed E-state index contributed by atoms with van der Waals surface area (Å²) in [5, 5.41) is 0.703. The Hall–Kier alpha value is 0.114. The molecule has 0 unspecified atom stereocenters. The minimum Gasteiger partial charge on any atom is -0.378 e. The molecule has 1 aliphatic rings. The molecule has 91 valence electrons. The van der Waals surface area contributed by atoms with Gasteiger partial charge in [0.05, 0.1) is 0 Å². The van der Waals surface area contributed by atoms with E-state index in [4.69, 9.17) is 11.6 Å². The van der Waals surface area contributed by atoms with Crippen molar-refractivity contribution in [3.05, 3.63) is 63.3 Å². The van der Waals surface area contributed by atoms with Crippen molar-refractivity contribution in [2.45, 2.75) is 6.92 Å². The number of halogens is 2. The van der Waals surface area contributed by atoms with Crippen LogP contribution in [0.1, 0.15) is 12.5 Å². The third-order valence-electron chi connectivity index (χ3n) is 2.81. The van der Waals surface area contributed by atoms with E-state index in [-0.39, 0.29) is 32.7 Å². The number of allylic oxidation sites excluding steroid dienone is 3. The Labute approximate surface area is 147 Å². The maximum absolute atomic E-state index is 6.24. The molecule has 1 aromatic carbocycles. The largest absolute Gasteiger partial charge is 0.378 e. The predicted octanol–water partition coefficient (Wildman–Crippen LogP) is 4.65. The normalized spacial score (nSPS) is 14.9. The van der Waals surface area contributed by atoms with Crippen LogP contribution in [0, 0.1) is 6.08 Å². The standard InChI is InChI=1S/C14H12BrClN.Y/c1-9-4-7-14(17(3)10(9)2)12-6-5-11(15)8-13(12)16;/h4-6,8H,2H2,1,3H3;/q-1;. The summed E-state index contributed by atoms with van der Waals surface area (Å²) in [6.07, 6.45) is 5.19. The fourth-order valence-corrected chi connectivity index (χ4v) is 2.46. The molecule has 1 nitrogen and oxygen atoms in total. The minimum absolute atomic E-state index is 0. The fourth-order valence-electron chi connectivity index (χ4n) is 1.70. The second kappa shape index (κ2) is 6.52. The Balaban J connectivity index is 0.00000162. The smallest absolute Gasteiger partial charge is 0.0169 e. The topological polar surface area (TPSA) is 3.24 Å². The molecule has 0 fully saturated rings. The van der Waals surface area contributed by atoms with E-state index in [1.165, 1.54) is 0 Å². The Bertz CT molecular complexity index is 549. The summed E-state index contributed by atoms with van der Waals surface area (Å²) in [7, 11) is 1.97. The van der Waals surface area contributed by atoms with Gasteiger partial charge in [-0.2, -0.15) is 12.2 Å². The molecule has 0 spiro atoms. The molecular formula is C14H12BrClNY-. The molecule has 0 N–H and O–H groups in total. The van der Waals surface area contributed by atoms with Gasteiger partial charge in [0.25, 0.3) is 0 Å². The van der Waals surface area contributed by atoms with E-state index < -0.39 is 0 Å². The van der Waals surface area contributed by atoms with E-state index in [0.29, 0.717) is 5.02 Å². The van der Waals surface area contributed by atoms with E-state index in [1.807, 2.05) is 43.1 Å². The van der Waals surface area contributed by atoms with Gasteiger partial charge in [-0.1, -0.05) is 58.4 Å². The summed E-state index contributed by atoms with van der Waals surface area (Å²) in [5.41, 5.74) is 3.99. The number of benzene rings is 1. The molecule has 0 bridgehead atoms. The van der Waals surface area contributed by atoms with Crippen LogP contribution >= 0.6 is 27.5 Å². The molecule has 1 aliphatic heterocycles. The molecule has 0 saturated carbocycles. The van der Waals surface area contributed by atoms with E-state index in [2.05, 4.69) is 28.6 Å². The molecule has 18 heavy (non-hydrogen) atoms. The molecule has 2 rings (SSSR count). The third kappa shape index (κ3) is 3.16. The molecule has 0 aromatic heterocycles. The first kappa shape index (κ1) is 16.2. The molecule has 1 heterocycles. The van der Waals surface area contributed by atoms with Crippen LogP contribution in [0.4, 0.5) is 0 Å². The van der Waals surface area contributed by atoms with Crippen molar-refractivity contribution < 1.29 is 32.7 Å². The summed E-state index contributed by atoms with van der Waals surface area (Å²) in [5.74, 6) is 0. The van der Waals surface area contributed by atoms with Gasteiger partial charge in [0.1, 0.15) is 0 Å². The molecule has 0 saturated heterocycles. The summed E-state index contributed by atoms with van der Waals surface area (Å²) < 4.78 is 0.968. The Kier molecular flexibility index (Phi) is 5.85. The average molecular weight is 399 g/mol. The zero-order valence-electron chi connectivity index (χ0n) is 10.3. The van der Waals surface area contributed by atoms with Crippen molar-refractivity contribution >= 4 is 33.2 Å². The van der Waals surface area contributed by atoms with Gasteiger partial charge in [-0.15, -0.1) is 11.6 Å². The van der Waals surface area contributed by atoms with Gasteiger partial charge in [0.2, 0.25) is 0 Å². The summed E-state index contributed by atoms with van der Waals surface area (Å²) in [6.45, 7) is 6.06. The van der Waals surface area contributed by atoms with Crippen molar-refractivity contribution in [2.75, 3.05) is 7.05 Å². The second-order valence-corrected chi connectivity index (χ2v) is 5.27. The van der Waals surface area contributed by atoms with Crippen LogP contribution in [-0.2, 0) is 32.7 Å². The van der Waals surface area contributed by atoms with Gasteiger partial charge in [-0.25, -0.2) is 0 Å². The van der Waals surface area contributed by atoms with Crippen LogP contribution in [0.2, 0.25) is 5.02 Å². The summed E-state index contributed by atoms with van der Waals surface area (Å²) in [6, 6.07) is 5.83. The van der Waals surface area contributed by atoms with Crippen molar-refractivity contribution in [3.8, 4) is 0 Å². The monoisotopic (exact) mass is 397 g/mol. The average Bonchev–Trinajstić information content (AvgIpc) is 2.28. The fraction of sp³-hybridized carbons (Fsp3) is 0.143. The molecular weight excluding hydrogens is 386 g/mol. The van der Waals surface area contributed by atoms with E-state index >= 15 is 0 Å². The molecule has 1 aromatic rings. The van der Waals surface area contributed by atoms with Crippen molar-refractivity contribution in [2.24, 2.45) is 0 Å². The van der Waals surface area contributed by atoms with Crippen LogP contribution in [-0.4, -0.2) is 11.9 Å². The van der Waals surface area contributed by atoms with Crippen molar-refractivity contribution in [1.82, 2.24) is 4.90 Å². The van der Waals surface area contributed by atoms with Crippen LogP contribution in [0.15, 0.2) is 46.6 Å². The van der Waals surface area contributed by atoms with Crippen LogP contribution in [0.5, 0.6) is 0 Å². The Morgan fingerprint density at radius 1 is 1.39 bits per heavy atom. The van der Waals surface area contributed by atoms with Gasteiger partial charge in [0, 0.05) is 44.2 Å². The molecule has 1 radical (unpaired) electrons. The predicted molar refractivity (Wildman–Crippen MR) is 76.5 cm³/mol. The Morgan fingerprint density at radius 2 is 2.06 bits per heavy atom. The number of hydrogen-bond donors (Lipinski definition) is 0. The minimum atomic E-state index is 0. The zero-order valence-corrected chi connectivity index (χ0v) is 15.5. The first-order valence-corrected chi connectivity index (χ1v) is 6.36. The zero-order chi connectivity index (χ0) is 12.6. The molecule has 4 heteroatoms. The second-order valence-electron chi connectivity index (χ2n) is 3.95. The number of hydrogen-bond acceptors (Lipinski definition) is 1. The van der Waals surface area contributed by atoms with Crippen LogP contribution in [0.3, 0.4) is 0 Å². The Morgan fingerprint density at radius 3 is 2.67 bits per heavy atom. The van der Waals surface area contributed by atoms with Gasteiger partial charge >= 0.3 is 0 Å². The molecule has 0 atom stereocenters. The van der Waals surface area contributed by atoms with Gasteiger partial charge in [-0.3, -0.25) is 0 Å². The number of likely N-dealkylation sites (N-methyl/N-ethyl adjacent to an activating group) is 1. The molecule has 0 aliphatic carbocycles. The van der Waals surface area contributed by atoms with Gasteiger partial charge in [-0.05, 0) is 16.8 Å².